The molecular weight excluding hydrogens is 236 g/mol. The molecule has 0 spiro atoms. The fourth-order valence-corrected chi connectivity index (χ4v) is 2.59. The van der Waals surface area contributed by atoms with Crippen LogP contribution in [0.5, 0.6) is 0 Å². The van der Waals surface area contributed by atoms with Crippen molar-refractivity contribution in [3.63, 3.8) is 0 Å². The Bertz CT molecular complexity index is 474. The molecule has 2 rings (SSSR count). The van der Waals surface area contributed by atoms with E-state index in [9.17, 15) is 4.79 Å². The van der Waals surface area contributed by atoms with Gasteiger partial charge in [-0.3, -0.25) is 4.79 Å². The molecule has 3 heteroatoms. The molecule has 104 valence electrons. The number of hydrogen-bond acceptors (Lipinski definition) is 2. The topological polar surface area (TPSA) is 46.3 Å². The molecule has 3 nitrogen and oxygen atoms in total. The number of fused-ring (bicyclic) bond motifs is 1. The van der Waals surface area contributed by atoms with Crippen LogP contribution in [-0.2, 0) is 17.6 Å². The Labute approximate surface area is 115 Å². The zero-order chi connectivity index (χ0) is 14.0. The van der Waals surface area contributed by atoms with Crippen molar-refractivity contribution in [1.29, 1.82) is 0 Å². The summed E-state index contributed by atoms with van der Waals surface area (Å²) in [6.07, 6.45) is 3.00. The lowest BCUT2D eigenvalue weighted by Gasteiger charge is -2.34. The van der Waals surface area contributed by atoms with Crippen LogP contribution in [0.3, 0.4) is 0 Å². The third-order valence-corrected chi connectivity index (χ3v) is 3.58. The quantitative estimate of drug-likeness (QED) is 0.888. The van der Waals surface area contributed by atoms with E-state index in [1.165, 1.54) is 11.1 Å². The van der Waals surface area contributed by atoms with Crippen LogP contribution >= 0.6 is 0 Å². The second-order valence-electron chi connectivity index (χ2n) is 6.31. The van der Waals surface area contributed by atoms with Gasteiger partial charge in [-0.25, -0.2) is 0 Å². The summed E-state index contributed by atoms with van der Waals surface area (Å²) >= 11 is 0. The van der Waals surface area contributed by atoms with Gasteiger partial charge in [-0.1, -0.05) is 32.9 Å². The Morgan fingerprint density at radius 1 is 1.37 bits per heavy atom. The van der Waals surface area contributed by atoms with Gasteiger partial charge in [-0.05, 0) is 43.0 Å². The lowest BCUT2D eigenvalue weighted by Crippen LogP contribution is -2.42. The summed E-state index contributed by atoms with van der Waals surface area (Å²) in [5, 5.41) is 0. The zero-order valence-corrected chi connectivity index (χ0v) is 12.2. The van der Waals surface area contributed by atoms with E-state index in [0.717, 1.165) is 31.5 Å². The number of carbonyl (C=O) groups excluding carboxylic acids is 1. The van der Waals surface area contributed by atoms with Gasteiger partial charge in [0.1, 0.15) is 0 Å². The van der Waals surface area contributed by atoms with Gasteiger partial charge in [-0.15, -0.1) is 0 Å². The molecule has 2 N–H and O–H groups in total. The lowest BCUT2D eigenvalue weighted by atomic mass is 9.91. The smallest absolute Gasteiger partial charge is 0.232 e. The van der Waals surface area contributed by atoms with Crippen molar-refractivity contribution in [2.45, 2.75) is 40.0 Å². The molecule has 1 aromatic rings. The van der Waals surface area contributed by atoms with Crippen LogP contribution in [-0.4, -0.2) is 19.0 Å². The molecule has 1 aliphatic rings. The average Bonchev–Trinajstić information content (AvgIpc) is 2.36. The second-order valence-corrected chi connectivity index (χ2v) is 6.31. The van der Waals surface area contributed by atoms with Crippen molar-refractivity contribution in [1.82, 2.24) is 0 Å². The van der Waals surface area contributed by atoms with Crippen LogP contribution in [0, 0.1) is 5.41 Å². The fraction of sp³-hybridized carbons (Fsp3) is 0.562. The molecule has 0 aromatic heterocycles. The van der Waals surface area contributed by atoms with Gasteiger partial charge >= 0.3 is 0 Å². The molecule has 0 aliphatic carbocycles. The molecular formula is C16H24N2O. The van der Waals surface area contributed by atoms with E-state index in [1.54, 1.807) is 0 Å². The number of nitrogens with zero attached hydrogens (tertiary/aromatic N) is 1. The van der Waals surface area contributed by atoms with Crippen LogP contribution in [0.15, 0.2) is 18.2 Å². The summed E-state index contributed by atoms with van der Waals surface area (Å²) in [5.74, 6) is 0.208. The van der Waals surface area contributed by atoms with Crippen molar-refractivity contribution in [3.8, 4) is 0 Å². The monoisotopic (exact) mass is 260 g/mol. The van der Waals surface area contributed by atoms with Gasteiger partial charge in [-0.2, -0.15) is 0 Å². The highest BCUT2D eigenvalue weighted by atomic mass is 16.2. The Hall–Kier alpha value is -1.35. The van der Waals surface area contributed by atoms with E-state index in [2.05, 4.69) is 18.2 Å². The highest BCUT2D eigenvalue weighted by Crippen LogP contribution is 2.31. The average molecular weight is 260 g/mol. The minimum absolute atomic E-state index is 0.208. The van der Waals surface area contributed by atoms with Crippen LogP contribution in [0.25, 0.3) is 0 Å². The van der Waals surface area contributed by atoms with Gasteiger partial charge in [0.05, 0.1) is 0 Å². The molecule has 1 aliphatic heterocycles. The van der Waals surface area contributed by atoms with Crippen molar-refractivity contribution >= 4 is 11.6 Å². The lowest BCUT2D eigenvalue weighted by molar-refractivity contribution is -0.125. The summed E-state index contributed by atoms with van der Waals surface area (Å²) in [6.45, 7) is 7.44. The molecule has 0 fully saturated rings. The van der Waals surface area contributed by atoms with Crippen LogP contribution < -0.4 is 10.6 Å². The molecule has 0 bridgehead atoms. The van der Waals surface area contributed by atoms with E-state index in [-0.39, 0.29) is 11.3 Å². The van der Waals surface area contributed by atoms with E-state index in [0.29, 0.717) is 6.54 Å². The van der Waals surface area contributed by atoms with Crippen molar-refractivity contribution in [2.75, 3.05) is 18.0 Å². The number of carbonyl (C=O) groups is 1. The van der Waals surface area contributed by atoms with Gasteiger partial charge in [0, 0.05) is 17.6 Å². The molecule has 1 aromatic carbocycles. The van der Waals surface area contributed by atoms with Gasteiger partial charge in [0.2, 0.25) is 5.91 Å². The number of aryl methyl sites for hydroxylation is 1. The first-order valence-corrected chi connectivity index (χ1v) is 7.07. The number of benzene rings is 1. The normalized spacial score (nSPS) is 15.3. The first-order valence-electron chi connectivity index (χ1n) is 7.07. The maximum Gasteiger partial charge on any atom is 0.232 e. The molecule has 1 heterocycles. The predicted octanol–water partition coefficient (Wildman–Crippen LogP) is 2.51. The predicted molar refractivity (Wildman–Crippen MR) is 79.3 cm³/mol. The molecule has 0 saturated heterocycles. The molecule has 0 unspecified atom stereocenters. The summed E-state index contributed by atoms with van der Waals surface area (Å²) in [5.41, 5.74) is 8.92. The first kappa shape index (κ1) is 14.1. The number of anilines is 1. The van der Waals surface area contributed by atoms with Crippen molar-refractivity contribution in [2.24, 2.45) is 11.1 Å². The molecule has 0 radical (unpaired) electrons. The van der Waals surface area contributed by atoms with Crippen molar-refractivity contribution < 1.29 is 4.79 Å². The van der Waals surface area contributed by atoms with Crippen LogP contribution in [0.2, 0.25) is 0 Å². The van der Waals surface area contributed by atoms with Crippen LogP contribution in [0.4, 0.5) is 5.69 Å². The highest BCUT2D eigenvalue weighted by Gasteiger charge is 2.30. The Morgan fingerprint density at radius 3 is 2.74 bits per heavy atom. The Kier molecular flexibility index (Phi) is 3.95. The molecule has 0 atom stereocenters. The number of rotatable bonds is 2. The number of nitrogens with two attached hydrogens (primary N) is 1. The Morgan fingerprint density at radius 2 is 2.11 bits per heavy atom. The summed E-state index contributed by atoms with van der Waals surface area (Å²) in [4.78, 5) is 14.4. The van der Waals surface area contributed by atoms with Crippen LogP contribution in [0.1, 0.15) is 38.3 Å². The SMILES string of the molecule is CC(C)(C)C(=O)N1CCCc2cc(CCN)ccc21. The standard InChI is InChI=1S/C16H24N2O/c1-16(2,3)15(19)18-10-4-5-13-11-12(8-9-17)6-7-14(13)18/h6-7,11H,4-5,8-10,17H2,1-3H3. The first-order chi connectivity index (χ1) is 8.93. The highest BCUT2D eigenvalue weighted by molar-refractivity contribution is 5.97. The molecule has 0 saturated carbocycles. The Balaban J connectivity index is 2.32. The third kappa shape index (κ3) is 2.98. The molecule has 1 amide bonds. The van der Waals surface area contributed by atoms with Gasteiger partial charge < -0.3 is 10.6 Å². The minimum Gasteiger partial charge on any atom is -0.330 e. The maximum atomic E-state index is 12.5. The number of amides is 1. The molecule has 19 heavy (non-hydrogen) atoms. The summed E-state index contributed by atoms with van der Waals surface area (Å²) in [6, 6.07) is 6.40. The summed E-state index contributed by atoms with van der Waals surface area (Å²) < 4.78 is 0. The second kappa shape index (κ2) is 5.33. The number of hydrogen-bond donors (Lipinski definition) is 1. The van der Waals surface area contributed by atoms with Gasteiger partial charge in [0.15, 0.2) is 0 Å². The third-order valence-electron chi connectivity index (χ3n) is 3.58. The maximum absolute atomic E-state index is 12.5. The van der Waals surface area contributed by atoms with E-state index in [4.69, 9.17) is 5.73 Å². The van der Waals surface area contributed by atoms with E-state index >= 15 is 0 Å². The minimum atomic E-state index is -0.329. The largest absolute Gasteiger partial charge is 0.330 e. The fourth-order valence-electron chi connectivity index (χ4n) is 2.59. The van der Waals surface area contributed by atoms with Gasteiger partial charge in [0.25, 0.3) is 0 Å². The summed E-state index contributed by atoms with van der Waals surface area (Å²) in [7, 11) is 0. The zero-order valence-electron chi connectivity index (χ0n) is 12.2. The van der Waals surface area contributed by atoms with Crippen molar-refractivity contribution in [3.05, 3.63) is 29.3 Å². The van der Waals surface area contributed by atoms with E-state index < -0.39 is 0 Å². The van der Waals surface area contributed by atoms with E-state index in [1.807, 2.05) is 25.7 Å².